The predicted molar refractivity (Wildman–Crippen MR) is 202 cm³/mol. The van der Waals surface area contributed by atoms with Crippen LogP contribution in [-0.4, -0.2) is 54.7 Å². The summed E-state index contributed by atoms with van der Waals surface area (Å²) in [7, 11) is 0. The van der Waals surface area contributed by atoms with Crippen LogP contribution in [0.4, 0.5) is 0 Å². The Morgan fingerprint density at radius 2 is 1.09 bits per heavy atom. The van der Waals surface area contributed by atoms with Gasteiger partial charge < -0.3 is 15.1 Å². The van der Waals surface area contributed by atoms with Crippen LogP contribution in [-0.2, 0) is 31.0 Å². The molecule has 4 aliphatic rings. The highest BCUT2D eigenvalue weighted by Crippen LogP contribution is 2.54. The van der Waals surface area contributed by atoms with Gasteiger partial charge >= 0.3 is 11.4 Å². The van der Waals surface area contributed by atoms with E-state index in [0.29, 0.717) is 84.8 Å². The zero-order valence-electron chi connectivity index (χ0n) is 31.9. The topological polar surface area (TPSA) is 183 Å². The second-order valence-corrected chi connectivity index (χ2v) is 16.4. The number of hydrogen-bond donors (Lipinski definition) is 3. The standard InChI is InChI=1S/C20H30N4O3.C19H26N4O3/c1-4-8-23-17-15(18(25)24(9-5-2)19(23)26)21-16(22-17)13-10-12-6-7-20(3,27)14(13)11-12;1-3-7-22-17-15(18(25)23(8-4-2)19(22)26)20-16(21-17)13-10-11-5-6-14(24)12(13)9-11/h12-14,27H,4-11H2,1-3H3,(H,21,22);11-13H,3-10H2,1-2H3,(H,20,21). The molecule has 0 saturated heterocycles. The monoisotopic (exact) mass is 732 g/mol. The minimum atomic E-state index is -0.692. The summed E-state index contributed by atoms with van der Waals surface area (Å²) in [5.74, 6) is 3.30. The van der Waals surface area contributed by atoms with Crippen LogP contribution in [0.25, 0.3) is 22.3 Å². The van der Waals surface area contributed by atoms with E-state index in [2.05, 4.69) is 15.0 Å². The summed E-state index contributed by atoms with van der Waals surface area (Å²) in [6, 6.07) is 0. The van der Waals surface area contributed by atoms with E-state index in [9.17, 15) is 29.1 Å². The van der Waals surface area contributed by atoms with Crippen molar-refractivity contribution in [3.05, 3.63) is 53.3 Å². The fraction of sp³-hybridized carbons (Fsp3) is 0.718. The molecule has 14 nitrogen and oxygen atoms in total. The first-order chi connectivity index (χ1) is 25.4. The highest BCUT2D eigenvalue weighted by molar-refractivity contribution is 5.83. The number of imidazole rings is 2. The van der Waals surface area contributed by atoms with Gasteiger partial charge in [0.25, 0.3) is 11.1 Å². The number of H-pyrrole nitrogens is 2. The fourth-order valence-electron chi connectivity index (χ4n) is 10.0. The average Bonchev–Trinajstić information content (AvgIpc) is 3.93. The van der Waals surface area contributed by atoms with Gasteiger partial charge in [0.2, 0.25) is 0 Å². The van der Waals surface area contributed by atoms with Gasteiger partial charge in [-0.15, -0.1) is 0 Å². The van der Waals surface area contributed by atoms with Crippen molar-refractivity contribution < 1.29 is 9.90 Å². The van der Waals surface area contributed by atoms with Gasteiger partial charge in [-0.2, -0.15) is 0 Å². The van der Waals surface area contributed by atoms with Crippen LogP contribution in [0.5, 0.6) is 0 Å². The number of nitrogens with zero attached hydrogens (tertiary/aromatic N) is 6. The van der Waals surface area contributed by atoms with E-state index in [1.807, 2.05) is 34.6 Å². The smallest absolute Gasteiger partial charge is 0.332 e. The molecule has 53 heavy (non-hydrogen) atoms. The summed E-state index contributed by atoms with van der Waals surface area (Å²) < 4.78 is 5.86. The number of fused-ring (bicyclic) bond motifs is 6. The number of Topliss-reactive ketones (excluding diaryl/α,β-unsaturated/α-hetero) is 1. The first-order valence-electron chi connectivity index (χ1n) is 20.1. The Kier molecular flexibility index (Phi) is 10.3. The van der Waals surface area contributed by atoms with Crippen LogP contribution < -0.4 is 22.5 Å². The molecule has 8 rings (SSSR count). The minimum Gasteiger partial charge on any atom is -0.390 e. The summed E-state index contributed by atoms with van der Waals surface area (Å²) in [6.45, 7) is 11.7. The summed E-state index contributed by atoms with van der Waals surface area (Å²) in [6.07, 6.45) is 10.4. The maximum Gasteiger partial charge on any atom is 0.332 e. The molecule has 4 aromatic heterocycles. The molecule has 7 unspecified atom stereocenters. The lowest BCUT2D eigenvalue weighted by Crippen LogP contribution is -2.40. The lowest BCUT2D eigenvalue weighted by Gasteiger charge is -2.36. The Bertz CT molecular complexity index is 2250. The van der Waals surface area contributed by atoms with E-state index in [1.165, 1.54) is 9.13 Å². The van der Waals surface area contributed by atoms with E-state index in [4.69, 9.17) is 4.98 Å². The lowest BCUT2D eigenvalue weighted by molar-refractivity contribution is -0.124. The van der Waals surface area contributed by atoms with E-state index >= 15 is 0 Å². The molecule has 7 atom stereocenters. The van der Waals surface area contributed by atoms with E-state index in [0.717, 1.165) is 70.0 Å². The van der Waals surface area contributed by atoms with Crippen LogP contribution in [0.2, 0.25) is 0 Å². The van der Waals surface area contributed by atoms with Gasteiger partial charge in [-0.05, 0) is 95.3 Å². The molecule has 288 valence electrons. The largest absolute Gasteiger partial charge is 0.390 e. The van der Waals surface area contributed by atoms with Crippen molar-refractivity contribution >= 4 is 28.1 Å². The third-order valence-corrected chi connectivity index (χ3v) is 12.6. The van der Waals surface area contributed by atoms with Crippen molar-refractivity contribution in [2.24, 2.45) is 23.7 Å². The summed E-state index contributed by atoms with van der Waals surface area (Å²) in [4.78, 5) is 79.5. The molecule has 0 spiro atoms. The third kappa shape index (κ3) is 6.48. The Morgan fingerprint density at radius 1 is 0.642 bits per heavy atom. The van der Waals surface area contributed by atoms with Crippen molar-refractivity contribution in [2.45, 2.75) is 155 Å². The Morgan fingerprint density at radius 3 is 1.62 bits per heavy atom. The first kappa shape index (κ1) is 37.3. The highest BCUT2D eigenvalue weighted by Gasteiger charge is 2.50. The molecule has 4 aliphatic carbocycles. The molecule has 14 heteroatoms. The number of hydrogen-bond acceptors (Lipinski definition) is 8. The van der Waals surface area contributed by atoms with Crippen molar-refractivity contribution in [3.8, 4) is 0 Å². The normalized spacial score (nSPS) is 27.8. The predicted octanol–water partition coefficient (Wildman–Crippen LogP) is 4.54. The van der Waals surface area contributed by atoms with Gasteiger partial charge in [0.15, 0.2) is 11.3 Å². The number of ketones is 1. The van der Waals surface area contributed by atoms with Crippen LogP contribution in [0.1, 0.15) is 135 Å². The molecular weight excluding hydrogens is 676 g/mol. The molecule has 0 aromatic carbocycles. The zero-order chi connectivity index (χ0) is 37.8. The Labute approximate surface area is 308 Å². The van der Waals surface area contributed by atoms with Crippen LogP contribution in [0.15, 0.2) is 19.2 Å². The van der Waals surface area contributed by atoms with Gasteiger partial charge in [0.05, 0.1) is 5.60 Å². The first-order valence-corrected chi connectivity index (χ1v) is 20.1. The third-order valence-electron chi connectivity index (χ3n) is 12.6. The number of rotatable bonds is 10. The van der Waals surface area contributed by atoms with Gasteiger partial charge in [-0.3, -0.25) is 32.7 Å². The van der Waals surface area contributed by atoms with Crippen molar-refractivity contribution in [3.63, 3.8) is 0 Å². The minimum absolute atomic E-state index is 0.0125. The van der Waals surface area contributed by atoms with E-state index in [-0.39, 0.29) is 46.2 Å². The quantitative estimate of drug-likeness (QED) is 0.212. The molecule has 4 fully saturated rings. The number of aliphatic hydroxyl groups is 1. The van der Waals surface area contributed by atoms with Gasteiger partial charge in [0, 0.05) is 50.4 Å². The number of aromatic amines is 2. The molecule has 4 heterocycles. The fourth-order valence-corrected chi connectivity index (χ4v) is 10.0. The number of aromatic nitrogens is 8. The SMILES string of the molecule is CCCn1c(=O)c2[nH]c(C3CC4CCC(=O)C3C4)nc2n(CCC)c1=O.CCCn1c(=O)c2[nH]c(C3CC4CCC(C)(O)C3C4)nc2n(CCC)c1=O. The average molecular weight is 733 g/mol. The maximum atomic E-state index is 12.9. The number of carbonyl (C=O) groups is 1. The molecule has 4 saturated carbocycles. The van der Waals surface area contributed by atoms with Crippen LogP contribution in [0.3, 0.4) is 0 Å². The van der Waals surface area contributed by atoms with Crippen molar-refractivity contribution in [2.75, 3.05) is 0 Å². The molecule has 4 aromatic rings. The van der Waals surface area contributed by atoms with Gasteiger partial charge in [-0.1, -0.05) is 27.7 Å². The second kappa shape index (κ2) is 14.6. The molecule has 0 amide bonds. The number of carbonyl (C=O) groups excluding carboxylic acids is 1. The Balaban J connectivity index is 0.000000164. The van der Waals surface area contributed by atoms with Crippen molar-refractivity contribution in [1.82, 2.24) is 38.2 Å². The van der Waals surface area contributed by atoms with Gasteiger partial charge in [0.1, 0.15) is 28.5 Å². The summed E-state index contributed by atoms with van der Waals surface area (Å²) >= 11 is 0. The lowest BCUT2D eigenvalue weighted by atomic mass is 9.75. The van der Waals surface area contributed by atoms with Crippen molar-refractivity contribution in [1.29, 1.82) is 0 Å². The summed E-state index contributed by atoms with van der Waals surface area (Å²) in [5, 5.41) is 10.9. The van der Waals surface area contributed by atoms with Crippen LogP contribution >= 0.6 is 0 Å². The number of nitrogens with one attached hydrogen (secondary N) is 2. The van der Waals surface area contributed by atoms with E-state index < -0.39 is 5.60 Å². The molecule has 0 aliphatic heterocycles. The highest BCUT2D eigenvalue weighted by atomic mass is 16.3. The summed E-state index contributed by atoms with van der Waals surface area (Å²) in [5.41, 5.74) is -0.100. The molecular formula is C39H56N8O6. The van der Waals surface area contributed by atoms with Gasteiger partial charge in [-0.25, -0.2) is 19.6 Å². The maximum absolute atomic E-state index is 12.9. The molecule has 4 bridgehead atoms. The second-order valence-electron chi connectivity index (χ2n) is 16.4. The Hall–Kier alpha value is -4.07. The molecule has 3 N–H and O–H groups in total. The van der Waals surface area contributed by atoms with E-state index in [1.54, 1.807) is 9.13 Å². The molecule has 0 radical (unpaired) electrons. The number of aryl methyl sites for hydroxylation is 2. The zero-order valence-corrected chi connectivity index (χ0v) is 31.9. The van der Waals surface area contributed by atoms with Crippen LogP contribution in [0, 0.1) is 23.7 Å².